The Kier molecular flexibility index (Phi) is 7.00. The Morgan fingerprint density at radius 1 is 0.944 bits per heavy atom. The maximum absolute atomic E-state index is 11.0. The maximum atomic E-state index is 11.0. The van der Waals surface area contributed by atoms with E-state index in [1.807, 2.05) is 0 Å². The fourth-order valence-electron chi connectivity index (χ4n) is 1.50. The molecule has 0 N–H and O–H groups in total. The quantitative estimate of drug-likeness (QED) is 0.523. The summed E-state index contributed by atoms with van der Waals surface area (Å²) in [6.45, 7) is 8.88. The lowest BCUT2D eigenvalue weighted by atomic mass is 10.1. The minimum atomic E-state index is -0.868. The second-order valence-electron chi connectivity index (χ2n) is 3.83. The van der Waals surface area contributed by atoms with Crippen LogP contribution in [0.5, 0.6) is 0 Å². The van der Waals surface area contributed by atoms with Crippen molar-refractivity contribution in [2.24, 2.45) is 0 Å². The first-order valence-electron chi connectivity index (χ1n) is 5.58. The van der Waals surface area contributed by atoms with E-state index in [0.29, 0.717) is 0 Å². The van der Waals surface area contributed by atoms with Gasteiger partial charge in [0.2, 0.25) is 0 Å². The highest BCUT2D eigenvalue weighted by Gasteiger charge is 2.32. The molecule has 0 fully saturated rings. The van der Waals surface area contributed by atoms with Gasteiger partial charge in [-0.3, -0.25) is 14.4 Å². The number of carbonyl (C=O) groups excluding carboxylic acids is 3. The topological polar surface area (TPSA) is 78.9 Å². The molecule has 0 rings (SSSR count). The van der Waals surface area contributed by atoms with Crippen LogP contribution in [0.1, 0.15) is 34.1 Å². The van der Waals surface area contributed by atoms with Crippen molar-refractivity contribution >= 4 is 17.9 Å². The van der Waals surface area contributed by atoms with Crippen LogP contribution in [-0.2, 0) is 28.6 Å². The highest BCUT2D eigenvalue weighted by Crippen LogP contribution is 2.15. The van der Waals surface area contributed by atoms with Crippen molar-refractivity contribution in [1.82, 2.24) is 0 Å². The molecular weight excluding hydrogens is 240 g/mol. The largest absolute Gasteiger partial charge is 0.459 e. The van der Waals surface area contributed by atoms with E-state index >= 15 is 0 Å². The van der Waals surface area contributed by atoms with Crippen molar-refractivity contribution in [3.8, 4) is 0 Å². The molecule has 0 saturated heterocycles. The summed E-state index contributed by atoms with van der Waals surface area (Å²) in [5, 5.41) is 0. The van der Waals surface area contributed by atoms with Gasteiger partial charge >= 0.3 is 17.9 Å². The third-order valence-corrected chi connectivity index (χ3v) is 2.08. The van der Waals surface area contributed by atoms with Crippen molar-refractivity contribution < 1.29 is 28.6 Å². The van der Waals surface area contributed by atoms with Gasteiger partial charge in [-0.15, -0.1) is 0 Å². The fraction of sp³-hybridized carbons (Fsp3) is 0.667. The molecule has 0 saturated carbocycles. The summed E-state index contributed by atoms with van der Waals surface area (Å²) in [5.41, 5.74) is 0. The molecule has 18 heavy (non-hydrogen) atoms. The SMILES string of the molecule is [CH2]CC(OC(C)=O)C(OC(C)=O)C(C)OC(C)=O. The first-order chi connectivity index (χ1) is 8.27. The first-order valence-corrected chi connectivity index (χ1v) is 5.58. The standard InChI is InChI=1S/C12H19O6/c1-6-11(17-9(4)14)12(18-10(5)15)7(2)16-8(3)13/h7,11-12H,1,6H2,2-5H3. The molecule has 0 aromatic carbocycles. The molecule has 103 valence electrons. The van der Waals surface area contributed by atoms with E-state index in [4.69, 9.17) is 14.2 Å². The Morgan fingerprint density at radius 3 is 1.72 bits per heavy atom. The van der Waals surface area contributed by atoms with Crippen LogP contribution in [0.4, 0.5) is 0 Å². The van der Waals surface area contributed by atoms with Crippen LogP contribution in [-0.4, -0.2) is 36.2 Å². The van der Waals surface area contributed by atoms with Crippen LogP contribution < -0.4 is 0 Å². The molecule has 0 aliphatic heterocycles. The van der Waals surface area contributed by atoms with E-state index in [1.165, 1.54) is 20.8 Å². The third kappa shape index (κ3) is 6.22. The van der Waals surface area contributed by atoms with E-state index in [1.54, 1.807) is 6.92 Å². The van der Waals surface area contributed by atoms with Gasteiger partial charge in [-0.1, -0.05) is 0 Å². The number of rotatable bonds is 6. The van der Waals surface area contributed by atoms with Gasteiger partial charge in [0.25, 0.3) is 0 Å². The van der Waals surface area contributed by atoms with Crippen molar-refractivity contribution in [2.75, 3.05) is 0 Å². The Morgan fingerprint density at radius 2 is 1.39 bits per heavy atom. The molecule has 0 heterocycles. The van der Waals surface area contributed by atoms with E-state index < -0.39 is 36.2 Å². The predicted molar refractivity (Wildman–Crippen MR) is 62.3 cm³/mol. The Labute approximate surface area is 107 Å². The molecule has 3 unspecified atom stereocenters. The first kappa shape index (κ1) is 16.4. The van der Waals surface area contributed by atoms with Crippen molar-refractivity contribution in [3.63, 3.8) is 0 Å². The van der Waals surface area contributed by atoms with Gasteiger partial charge < -0.3 is 14.2 Å². The fourth-order valence-corrected chi connectivity index (χ4v) is 1.50. The molecule has 1 radical (unpaired) electrons. The smallest absolute Gasteiger partial charge is 0.303 e. The van der Waals surface area contributed by atoms with Crippen LogP contribution >= 0.6 is 0 Å². The minimum Gasteiger partial charge on any atom is -0.459 e. The summed E-state index contributed by atoms with van der Waals surface area (Å²) in [4.78, 5) is 32.9. The van der Waals surface area contributed by atoms with Crippen LogP contribution in [0.25, 0.3) is 0 Å². The second kappa shape index (κ2) is 7.68. The zero-order valence-corrected chi connectivity index (χ0v) is 11.1. The van der Waals surface area contributed by atoms with Gasteiger partial charge in [0.05, 0.1) is 0 Å². The number of esters is 3. The van der Waals surface area contributed by atoms with Gasteiger partial charge in [0, 0.05) is 20.8 Å². The second-order valence-corrected chi connectivity index (χ2v) is 3.83. The number of ether oxygens (including phenoxy) is 3. The molecule has 0 aliphatic carbocycles. The van der Waals surface area contributed by atoms with Crippen LogP contribution in [0, 0.1) is 6.92 Å². The van der Waals surface area contributed by atoms with Gasteiger partial charge in [-0.2, -0.15) is 0 Å². The Hall–Kier alpha value is -1.59. The average molecular weight is 259 g/mol. The molecule has 0 aliphatic rings. The molecule has 6 heteroatoms. The van der Waals surface area contributed by atoms with Crippen molar-refractivity contribution in [2.45, 2.75) is 52.4 Å². The van der Waals surface area contributed by atoms with Crippen LogP contribution in [0.3, 0.4) is 0 Å². The van der Waals surface area contributed by atoms with Gasteiger partial charge in [0.1, 0.15) is 12.2 Å². The highest BCUT2D eigenvalue weighted by molar-refractivity contribution is 5.68. The maximum Gasteiger partial charge on any atom is 0.303 e. The molecule has 0 amide bonds. The normalized spacial score (nSPS) is 15.2. The van der Waals surface area contributed by atoms with E-state index in [9.17, 15) is 14.4 Å². The van der Waals surface area contributed by atoms with E-state index in [0.717, 1.165) is 0 Å². The van der Waals surface area contributed by atoms with Crippen molar-refractivity contribution in [3.05, 3.63) is 6.92 Å². The molecule has 3 atom stereocenters. The highest BCUT2D eigenvalue weighted by atomic mass is 16.6. The van der Waals surface area contributed by atoms with E-state index in [-0.39, 0.29) is 6.42 Å². The lowest BCUT2D eigenvalue weighted by Gasteiger charge is -2.29. The van der Waals surface area contributed by atoms with Gasteiger partial charge in [-0.05, 0) is 20.3 Å². The summed E-state index contributed by atoms with van der Waals surface area (Å²) in [6.07, 6.45) is -2.14. The summed E-state index contributed by atoms with van der Waals surface area (Å²) in [6, 6.07) is 0. The van der Waals surface area contributed by atoms with Gasteiger partial charge in [0.15, 0.2) is 6.10 Å². The zero-order chi connectivity index (χ0) is 14.3. The molecule has 0 aromatic rings. The third-order valence-electron chi connectivity index (χ3n) is 2.08. The molecule has 6 nitrogen and oxygen atoms in total. The van der Waals surface area contributed by atoms with Crippen LogP contribution in [0.2, 0.25) is 0 Å². The average Bonchev–Trinajstić information content (AvgIpc) is 2.21. The summed E-state index contributed by atoms with van der Waals surface area (Å²) in [7, 11) is 0. The lowest BCUT2D eigenvalue weighted by molar-refractivity contribution is -0.181. The summed E-state index contributed by atoms with van der Waals surface area (Å²) < 4.78 is 15.0. The lowest BCUT2D eigenvalue weighted by Crippen LogP contribution is -2.43. The minimum absolute atomic E-state index is 0.198. The number of hydrogen-bond donors (Lipinski definition) is 0. The Bertz CT molecular complexity index is 312. The predicted octanol–water partition coefficient (Wildman–Crippen LogP) is 1.03. The van der Waals surface area contributed by atoms with Crippen molar-refractivity contribution in [1.29, 1.82) is 0 Å². The Balaban J connectivity index is 4.86. The molecular formula is C12H19O6. The number of carbonyl (C=O) groups is 3. The molecule has 0 bridgehead atoms. The summed E-state index contributed by atoms with van der Waals surface area (Å²) in [5.74, 6) is -1.58. The number of hydrogen-bond acceptors (Lipinski definition) is 6. The van der Waals surface area contributed by atoms with Crippen LogP contribution in [0.15, 0.2) is 0 Å². The zero-order valence-electron chi connectivity index (χ0n) is 11.1. The summed E-state index contributed by atoms with van der Waals surface area (Å²) >= 11 is 0. The molecule has 0 aromatic heterocycles. The van der Waals surface area contributed by atoms with E-state index in [2.05, 4.69) is 6.92 Å². The molecule has 0 spiro atoms. The van der Waals surface area contributed by atoms with Gasteiger partial charge in [-0.25, -0.2) is 0 Å². The monoisotopic (exact) mass is 259 g/mol.